The Morgan fingerprint density at radius 1 is 1.32 bits per heavy atom. The first-order valence-electron chi connectivity index (χ1n) is 6.38. The molecule has 1 N–H and O–H groups in total. The van der Waals surface area contributed by atoms with E-state index in [0.717, 1.165) is 11.4 Å². The highest BCUT2D eigenvalue weighted by Crippen LogP contribution is 2.17. The number of pyridine rings is 1. The van der Waals surface area contributed by atoms with Gasteiger partial charge in [-0.1, -0.05) is 13.8 Å². The molecule has 2 rings (SSSR count). The van der Waals surface area contributed by atoms with E-state index in [1.807, 2.05) is 27.7 Å². The minimum absolute atomic E-state index is 0.295. The molecule has 0 aliphatic carbocycles. The molecular weight excluding hydrogens is 243 g/mol. The van der Waals surface area contributed by atoms with E-state index in [1.54, 1.807) is 23.2 Å². The summed E-state index contributed by atoms with van der Waals surface area (Å²) in [6, 6.07) is 2.01. The van der Waals surface area contributed by atoms with Crippen LogP contribution in [-0.2, 0) is 6.54 Å². The van der Waals surface area contributed by atoms with Gasteiger partial charge in [0, 0.05) is 30.0 Å². The van der Waals surface area contributed by atoms with Crippen LogP contribution in [-0.4, -0.2) is 20.6 Å². The van der Waals surface area contributed by atoms with E-state index in [-0.39, 0.29) is 5.82 Å². The molecule has 0 atom stereocenters. The Morgan fingerprint density at radius 2 is 2.05 bits per heavy atom. The van der Waals surface area contributed by atoms with Crippen molar-refractivity contribution in [1.29, 1.82) is 0 Å². The van der Waals surface area contributed by atoms with Crippen LogP contribution in [0.3, 0.4) is 0 Å². The number of nitrogens with one attached hydrogen (secondary N) is 1. The van der Waals surface area contributed by atoms with E-state index >= 15 is 0 Å². The molecule has 0 aliphatic rings. The molecule has 2 aromatic rings. The molecule has 0 unspecified atom stereocenters. The summed E-state index contributed by atoms with van der Waals surface area (Å²) in [6.07, 6.45) is 3.24. The summed E-state index contributed by atoms with van der Waals surface area (Å²) >= 11 is 0. The van der Waals surface area contributed by atoms with Crippen LogP contribution < -0.4 is 5.32 Å². The molecule has 5 heteroatoms. The Labute approximate surface area is 112 Å². The standard InChI is InChI=1S/C14H19FN4/c1-9(2)17-7-12-5-6-16-14(13(12)15)19-8-18-10(3)11(19)4/h5-6,8-9,17H,7H2,1-4H3. The predicted octanol–water partition coefficient (Wildman–Crippen LogP) is 2.52. The van der Waals surface area contributed by atoms with Crippen molar-refractivity contribution >= 4 is 0 Å². The fraction of sp³-hybridized carbons (Fsp3) is 0.429. The largest absolute Gasteiger partial charge is 0.310 e. The van der Waals surface area contributed by atoms with Gasteiger partial charge >= 0.3 is 0 Å². The van der Waals surface area contributed by atoms with Crippen molar-refractivity contribution < 1.29 is 4.39 Å². The minimum Gasteiger partial charge on any atom is -0.310 e. The van der Waals surface area contributed by atoms with Gasteiger partial charge in [0.2, 0.25) is 0 Å². The number of halogens is 1. The van der Waals surface area contributed by atoms with Gasteiger partial charge in [-0.3, -0.25) is 4.57 Å². The van der Waals surface area contributed by atoms with Gasteiger partial charge in [-0.05, 0) is 19.9 Å². The second-order valence-corrected chi connectivity index (χ2v) is 4.93. The highest BCUT2D eigenvalue weighted by molar-refractivity contribution is 5.33. The maximum Gasteiger partial charge on any atom is 0.174 e. The highest BCUT2D eigenvalue weighted by Gasteiger charge is 2.14. The Hall–Kier alpha value is -1.75. The van der Waals surface area contributed by atoms with E-state index in [1.165, 1.54) is 0 Å². The normalized spacial score (nSPS) is 11.3. The average molecular weight is 262 g/mol. The molecule has 0 spiro atoms. The van der Waals surface area contributed by atoms with Crippen molar-refractivity contribution in [3.8, 4) is 5.82 Å². The summed E-state index contributed by atoms with van der Waals surface area (Å²) in [5.41, 5.74) is 2.40. The van der Waals surface area contributed by atoms with Crippen LogP contribution >= 0.6 is 0 Å². The van der Waals surface area contributed by atoms with E-state index in [4.69, 9.17) is 0 Å². The summed E-state index contributed by atoms with van der Waals surface area (Å²) in [7, 11) is 0. The molecule has 0 fully saturated rings. The van der Waals surface area contributed by atoms with Crippen LogP contribution in [0, 0.1) is 19.7 Å². The smallest absolute Gasteiger partial charge is 0.174 e. The number of nitrogens with zero attached hydrogens (tertiary/aromatic N) is 3. The van der Waals surface area contributed by atoms with Gasteiger partial charge in [-0.2, -0.15) is 0 Å². The molecule has 19 heavy (non-hydrogen) atoms. The van der Waals surface area contributed by atoms with Crippen molar-refractivity contribution in [1.82, 2.24) is 19.9 Å². The first-order chi connectivity index (χ1) is 9.00. The molecule has 2 aromatic heterocycles. The van der Waals surface area contributed by atoms with Crippen LogP contribution in [0.1, 0.15) is 30.8 Å². The fourth-order valence-corrected chi connectivity index (χ4v) is 1.80. The van der Waals surface area contributed by atoms with E-state index < -0.39 is 0 Å². The molecule has 0 aliphatic heterocycles. The SMILES string of the molecule is Cc1ncn(-c2nccc(CNC(C)C)c2F)c1C. The zero-order valence-electron chi connectivity index (χ0n) is 11.7. The summed E-state index contributed by atoms with van der Waals surface area (Å²) in [5.74, 6) is 0.0114. The molecule has 0 amide bonds. The number of imidazole rings is 1. The first-order valence-corrected chi connectivity index (χ1v) is 6.38. The monoisotopic (exact) mass is 262 g/mol. The zero-order valence-corrected chi connectivity index (χ0v) is 11.7. The molecule has 0 saturated heterocycles. The summed E-state index contributed by atoms with van der Waals surface area (Å²) in [6.45, 7) is 8.36. The van der Waals surface area contributed by atoms with Crippen molar-refractivity contribution in [2.45, 2.75) is 40.3 Å². The topological polar surface area (TPSA) is 42.7 Å². The summed E-state index contributed by atoms with van der Waals surface area (Å²) < 4.78 is 16.1. The third kappa shape index (κ3) is 2.81. The van der Waals surface area contributed by atoms with Crippen molar-refractivity contribution in [2.75, 3.05) is 0 Å². The van der Waals surface area contributed by atoms with Gasteiger partial charge in [-0.15, -0.1) is 0 Å². The van der Waals surface area contributed by atoms with Crippen molar-refractivity contribution in [3.63, 3.8) is 0 Å². The van der Waals surface area contributed by atoms with Gasteiger partial charge in [-0.25, -0.2) is 14.4 Å². The second-order valence-electron chi connectivity index (χ2n) is 4.93. The van der Waals surface area contributed by atoms with Gasteiger partial charge in [0.05, 0.1) is 5.69 Å². The number of aryl methyl sites for hydroxylation is 1. The van der Waals surface area contributed by atoms with Crippen LogP contribution in [0.2, 0.25) is 0 Å². The lowest BCUT2D eigenvalue weighted by atomic mass is 10.2. The predicted molar refractivity (Wildman–Crippen MR) is 72.8 cm³/mol. The third-order valence-corrected chi connectivity index (χ3v) is 3.13. The van der Waals surface area contributed by atoms with Gasteiger partial charge in [0.15, 0.2) is 11.6 Å². The lowest BCUT2D eigenvalue weighted by Crippen LogP contribution is -2.23. The van der Waals surface area contributed by atoms with Crippen LogP contribution in [0.25, 0.3) is 5.82 Å². The molecule has 2 heterocycles. The quantitative estimate of drug-likeness (QED) is 0.920. The van der Waals surface area contributed by atoms with E-state index in [9.17, 15) is 4.39 Å². The molecule has 0 radical (unpaired) electrons. The molecule has 4 nitrogen and oxygen atoms in total. The highest BCUT2D eigenvalue weighted by atomic mass is 19.1. The molecule has 102 valence electrons. The Bertz CT molecular complexity index is 575. The lowest BCUT2D eigenvalue weighted by Gasteiger charge is -2.12. The number of hydrogen-bond acceptors (Lipinski definition) is 3. The first kappa shape index (κ1) is 13.7. The summed E-state index contributed by atoms with van der Waals surface area (Å²) in [5, 5.41) is 3.21. The number of hydrogen-bond donors (Lipinski definition) is 1. The van der Waals surface area contributed by atoms with E-state index in [2.05, 4.69) is 15.3 Å². The van der Waals surface area contributed by atoms with Crippen molar-refractivity contribution in [3.05, 3.63) is 41.4 Å². The van der Waals surface area contributed by atoms with Crippen LogP contribution in [0.5, 0.6) is 0 Å². The van der Waals surface area contributed by atoms with Crippen LogP contribution in [0.4, 0.5) is 4.39 Å². The Morgan fingerprint density at radius 3 is 2.63 bits per heavy atom. The third-order valence-electron chi connectivity index (χ3n) is 3.13. The Kier molecular flexibility index (Phi) is 3.95. The molecule has 0 saturated carbocycles. The molecule has 0 aromatic carbocycles. The molecule has 0 bridgehead atoms. The molecular formula is C14H19FN4. The Balaban J connectivity index is 2.37. The minimum atomic E-state index is -0.295. The van der Waals surface area contributed by atoms with Crippen LogP contribution in [0.15, 0.2) is 18.6 Å². The van der Waals surface area contributed by atoms with Gasteiger partial charge in [0.25, 0.3) is 0 Å². The maximum atomic E-state index is 14.4. The average Bonchev–Trinajstić information content (AvgIpc) is 2.69. The fourth-order valence-electron chi connectivity index (χ4n) is 1.80. The summed E-state index contributed by atoms with van der Waals surface area (Å²) in [4.78, 5) is 8.31. The number of aromatic nitrogens is 3. The van der Waals surface area contributed by atoms with E-state index in [0.29, 0.717) is 24.0 Å². The van der Waals surface area contributed by atoms with Crippen molar-refractivity contribution in [2.24, 2.45) is 0 Å². The van der Waals surface area contributed by atoms with Gasteiger partial charge < -0.3 is 5.32 Å². The zero-order chi connectivity index (χ0) is 14.0. The number of rotatable bonds is 4. The lowest BCUT2D eigenvalue weighted by molar-refractivity contribution is 0.545. The van der Waals surface area contributed by atoms with Gasteiger partial charge in [0.1, 0.15) is 6.33 Å². The maximum absolute atomic E-state index is 14.4. The second kappa shape index (κ2) is 5.48.